The molecule has 0 aliphatic rings. The molecule has 0 unspecified atom stereocenters. The molecule has 3 aromatic rings. The van der Waals surface area contributed by atoms with Crippen molar-refractivity contribution in [1.82, 2.24) is 4.98 Å². The number of anilines is 2. The number of nitrogens with zero attached hydrogens (tertiary/aromatic N) is 1. The number of nitrogens with one attached hydrogen (secondary N) is 1. The molecule has 0 spiro atoms. The maximum absolute atomic E-state index is 4.44. The van der Waals surface area contributed by atoms with Crippen molar-refractivity contribution in [3.8, 4) is 0 Å². The maximum atomic E-state index is 4.44. The van der Waals surface area contributed by atoms with Gasteiger partial charge in [-0.2, -0.15) is 0 Å². The van der Waals surface area contributed by atoms with Crippen molar-refractivity contribution in [3.63, 3.8) is 0 Å². The van der Waals surface area contributed by atoms with Crippen LogP contribution in [0, 0.1) is 13.8 Å². The number of pyridine rings is 1. The first-order valence-electron chi connectivity index (χ1n) is 6.42. The van der Waals surface area contributed by atoms with Gasteiger partial charge in [-0.15, -0.1) is 12.4 Å². The quantitative estimate of drug-likeness (QED) is 0.715. The number of hydrogen-bond donors (Lipinski definition) is 1. The minimum Gasteiger partial charge on any atom is -0.340 e. The van der Waals surface area contributed by atoms with E-state index < -0.39 is 0 Å². The second-order valence-corrected chi connectivity index (χ2v) is 4.80. The maximum Gasteiger partial charge on any atom is 0.138 e. The normalized spacial score (nSPS) is 10.1. The van der Waals surface area contributed by atoms with Gasteiger partial charge in [-0.25, -0.2) is 4.98 Å². The lowest BCUT2D eigenvalue weighted by molar-refractivity contribution is 1.31. The van der Waals surface area contributed by atoms with Gasteiger partial charge in [0.1, 0.15) is 5.82 Å². The second-order valence-electron chi connectivity index (χ2n) is 4.80. The second kappa shape index (κ2) is 5.93. The summed E-state index contributed by atoms with van der Waals surface area (Å²) < 4.78 is 0. The van der Waals surface area contributed by atoms with Crippen LogP contribution in [0.15, 0.2) is 54.7 Å². The van der Waals surface area contributed by atoms with Crippen LogP contribution >= 0.6 is 12.4 Å². The number of aryl methyl sites for hydroxylation is 2. The topological polar surface area (TPSA) is 24.9 Å². The van der Waals surface area contributed by atoms with Crippen molar-refractivity contribution in [3.05, 3.63) is 65.9 Å². The van der Waals surface area contributed by atoms with E-state index in [-0.39, 0.29) is 12.4 Å². The lowest BCUT2D eigenvalue weighted by Crippen LogP contribution is -1.95. The number of benzene rings is 2. The molecule has 3 heteroatoms. The monoisotopic (exact) mass is 284 g/mol. The molecule has 0 saturated carbocycles. The number of hydrogen-bond acceptors (Lipinski definition) is 2. The summed E-state index contributed by atoms with van der Waals surface area (Å²) in [7, 11) is 0. The fraction of sp³-hybridized carbons (Fsp3) is 0.118. The van der Waals surface area contributed by atoms with Crippen LogP contribution in [-0.2, 0) is 0 Å². The number of fused-ring (bicyclic) bond motifs is 1. The van der Waals surface area contributed by atoms with E-state index in [1.807, 2.05) is 24.4 Å². The molecule has 0 bridgehead atoms. The van der Waals surface area contributed by atoms with Gasteiger partial charge < -0.3 is 5.32 Å². The summed E-state index contributed by atoms with van der Waals surface area (Å²) in [6.07, 6.45) is 1.84. The lowest BCUT2D eigenvalue weighted by atomic mass is 10.1. The average Bonchev–Trinajstić information content (AvgIpc) is 2.43. The molecule has 0 fully saturated rings. The highest BCUT2D eigenvalue weighted by molar-refractivity contribution is 5.93. The zero-order chi connectivity index (χ0) is 13.2. The van der Waals surface area contributed by atoms with E-state index in [9.17, 15) is 0 Å². The van der Waals surface area contributed by atoms with Crippen LogP contribution in [0.2, 0.25) is 0 Å². The molecule has 2 aromatic carbocycles. The van der Waals surface area contributed by atoms with E-state index in [2.05, 4.69) is 54.5 Å². The molecule has 0 aliphatic carbocycles. The minimum absolute atomic E-state index is 0. The molecular weight excluding hydrogens is 268 g/mol. The molecule has 1 N–H and O–H groups in total. The van der Waals surface area contributed by atoms with Gasteiger partial charge in [0.05, 0.1) is 0 Å². The Morgan fingerprint density at radius 3 is 2.50 bits per heavy atom. The number of halogens is 1. The zero-order valence-corrected chi connectivity index (χ0v) is 12.4. The summed E-state index contributed by atoms with van der Waals surface area (Å²) in [5.41, 5.74) is 3.66. The third kappa shape index (κ3) is 2.75. The van der Waals surface area contributed by atoms with Gasteiger partial charge in [0.25, 0.3) is 0 Å². The smallest absolute Gasteiger partial charge is 0.138 e. The molecule has 0 saturated heterocycles. The van der Waals surface area contributed by atoms with Crippen LogP contribution in [0.25, 0.3) is 10.8 Å². The Morgan fingerprint density at radius 2 is 1.70 bits per heavy atom. The van der Waals surface area contributed by atoms with Gasteiger partial charge >= 0.3 is 0 Å². The molecule has 3 rings (SSSR count). The molecule has 102 valence electrons. The van der Waals surface area contributed by atoms with Crippen molar-refractivity contribution in [2.24, 2.45) is 0 Å². The van der Waals surface area contributed by atoms with Gasteiger partial charge in [0.2, 0.25) is 0 Å². The third-order valence-electron chi connectivity index (χ3n) is 3.44. The van der Waals surface area contributed by atoms with Gasteiger partial charge in [-0.3, -0.25) is 0 Å². The van der Waals surface area contributed by atoms with Crippen LogP contribution in [0.3, 0.4) is 0 Å². The Labute approximate surface area is 125 Å². The Balaban J connectivity index is 0.00000147. The van der Waals surface area contributed by atoms with E-state index in [0.29, 0.717) is 0 Å². The van der Waals surface area contributed by atoms with Gasteiger partial charge in [0.15, 0.2) is 0 Å². The van der Waals surface area contributed by atoms with Gasteiger partial charge in [-0.05, 0) is 48.6 Å². The lowest BCUT2D eigenvalue weighted by Gasteiger charge is -2.10. The first-order valence-corrected chi connectivity index (χ1v) is 6.42. The molecule has 0 aliphatic heterocycles. The SMILES string of the molecule is Cc1ccc(Nc2nccc3ccccc23)cc1C.Cl. The highest BCUT2D eigenvalue weighted by atomic mass is 35.5. The van der Waals surface area contributed by atoms with E-state index in [1.165, 1.54) is 16.5 Å². The first-order chi connectivity index (χ1) is 9.24. The third-order valence-corrected chi connectivity index (χ3v) is 3.44. The van der Waals surface area contributed by atoms with Crippen molar-refractivity contribution < 1.29 is 0 Å². The van der Waals surface area contributed by atoms with Crippen LogP contribution < -0.4 is 5.32 Å². The Morgan fingerprint density at radius 1 is 0.900 bits per heavy atom. The molecule has 0 amide bonds. The summed E-state index contributed by atoms with van der Waals surface area (Å²) in [5.74, 6) is 0.904. The summed E-state index contributed by atoms with van der Waals surface area (Å²) in [6.45, 7) is 4.24. The van der Waals surface area contributed by atoms with Gasteiger partial charge in [-0.1, -0.05) is 30.3 Å². The predicted molar refractivity (Wildman–Crippen MR) is 88.2 cm³/mol. The van der Waals surface area contributed by atoms with E-state index in [0.717, 1.165) is 16.9 Å². The molecule has 1 heterocycles. The molecular formula is C17H17ClN2. The molecule has 2 nitrogen and oxygen atoms in total. The van der Waals surface area contributed by atoms with Gasteiger partial charge in [0, 0.05) is 17.3 Å². The summed E-state index contributed by atoms with van der Waals surface area (Å²) >= 11 is 0. The predicted octanol–water partition coefficient (Wildman–Crippen LogP) is 5.02. The average molecular weight is 285 g/mol. The van der Waals surface area contributed by atoms with Crippen molar-refractivity contribution in [2.75, 3.05) is 5.32 Å². The summed E-state index contributed by atoms with van der Waals surface area (Å²) in [6, 6.07) is 16.7. The standard InChI is InChI=1S/C17H16N2.ClH/c1-12-7-8-15(11-13(12)2)19-17-16-6-4-3-5-14(16)9-10-18-17;/h3-11H,1-2H3,(H,18,19);1H. The number of aromatic nitrogens is 1. The minimum atomic E-state index is 0. The largest absolute Gasteiger partial charge is 0.340 e. The molecule has 0 radical (unpaired) electrons. The zero-order valence-electron chi connectivity index (χ0n) is 11.6. The highest BCUT2D eigenvalue weighted by Crippen LogP contribution is 2.24. The van der Waals surface area contributed by atoms with Crippen molar-refractivity contribution in [1.29, 1.82) is 0 Å². The van der Waals surface area contributed by atoms with Crippen LogP contribution in [0.5, 0.6) is 0 Å². The van der Waals surface area contributed by atoms with Crippen LogP contribution in [0.4, 0.5) is 11.5 Å². The number of rotatable bonds is 2. The summed E-state index contributed by atoms with van der Waals surface area (Å²) in [5, 5.41) is 5.74. The molecule has 20 heavy (non-hydrogen) atoms. The van der Waals surface area contributed by atoms with E-state index >= 15 is 0 Å². The van der Waals surface area contributed by atoms with Crippen molar-refractivity contribution in [2.45, 2.75) is 13.8 Å². The van der Waals surface area contributed by atoms with E-state index in [4.69, 9.17) is 0 Å². The van der Waals surface area contributed by atoms with Crippen molar-refractivity contribution >= 4 is 34.7 Å². The highest BCUT2D eigenvalue weighted by Gasteiger charge is 2.02. The Hall–Kier alpha value is -2.06. The Bertz CT molecular complexity index is 733. The van der Waals surface area contributed by atoms with Crippen LogP contribution in [-0.4, -0.2) is 4.98 Å². The van der Waals surface area contributed by atoms with E-state index in [1.54, 1.807) is 0 Å². The summed E-state index contributed by atoms with van der Waals surface area (Å²) in [4.78, 5) is 4.44. The molecule has 1 aromatic heterocycles. The Kier molecular flexibility index (Phi) is 4.26. The molecule has 0 atom stereocenters. The van der Waals surface area contributed by atoms with Crippen LogP contribution in [0.1, 0.15) is 11.1 Å². The fourth-order valence-corrected chi connectivity index (χ4v) is 2.18. The fourth-order valence-electron chi connectivity index (χ4n) is 2.18. The first kappa shape index (κ1) is 14.4.